The first-order chi connectivity index (χ1) is 7.75. The van der Waals surface area contributed by atoms with Crippen LogP contribution in [-0.4, -0.2) is 31.6 Å². The zero-order valence-electron chi connectivity index (χ0n) is 8.71. The molecular weight excluding hydrogens is 232 g/mol. The number of halogens is 2. The van der Waals surface area contributed by atoms with Crippen LogP contribution in [0.2, 0.25) is 0 Å². The van der Waals surface area contributed by atoms with Gasteiger partial charge in [-0.1, -0.05) is 0 Å². The van der Waals surface area contributed by atoms with Crippen molar-refractivity contribution in [2.45, 2.75) is 11.0 Å². The molecule has 2 rings (SSSR count). The van der Waals surface area contributed by atoms with Gasteiger partial charge in [-0.2, -0.15) is 0 Å². The van der Waals surface area contributed by atoms with Crippen LogP contribution in [0.5, 0.6) is 0 Å². The Bertz CT molecular complexity index is 356. The van der Waals surface area contributed by atoms with Crippen molar-refractivity contribution < 1.29 is 13.5 Å². The molecular formula is C11H13F2NOS. The molecule has 1 heterocycles. The fourth-order valence-corrected chi connectivity index (χ4v) is 2.44. The van der Waals surface area contributed by atoms with Crippen molar-refractivity contribution in [1.82, 2.24) is 5.32 Å². The van der Waals surface area contributed by atoms with Gasteiger partial charge >= 0.3 is 0 Å². The molecule has 0 saturated carbocycles. The standard InChI is InChI=1S/C11H13F2NOS/c12-8-1-2-11(10(13)5-8)16-7-9-6-14-3-4-15-9/h1-2,5,9,14H,3-4,6-7H2. The van der Waals surface area contributed by atoms with Gasteiger partial charge in [-0.25, -0.2) is 8.78 Å². The second-order valence-corrected chi connectivity index (χ2v) is 4.64. The highest BCUT2D eigenvalue weighted by molar-refractivity contribution is 7.99. The lowest BCUT2D eigenvalue weighted by molar-refractivity contribution is 0.0440. The van der Waals surface area contributed by atoms with E-state index in [1.54, 1.807) is 0 Å². The van der Waals surface area contributed by atoms with Crippen LogP contribution in [0.4, 0.5) is 8.78 Å². The van der Waals surface area contributed by atoms with Crippen LogP contribution in [-0.2, 0) is 4.74 Å². The number of hydrogen-bond donors (Lipinski definition) is 1. The highest BCUT2D eigenvalue weighted by atomic mass is 32.2. The quantitative estimate of drug-likeness (QED) is 0.823. The van der Waals surface area contributed by atoms with E-state index in [2.05, 4.69) is 5.32 Å². The molecule has 1 saturated heterocycles. The average molecular weight is 245 g/mol. The third-order valence-corrected chi connectivity index (χ3v) is 3.50. The number of morpholine rings is 1. The van der Waals surface area contributed by atoms with Gasteiger partial charge < -0.3 is 10.1 Å². The van der Waals surface area contributed by atoms with E-state index in [0.717, 1.165) is 19.2 Å². The van der Waals surface area contributed by atoms with Gasteiger partial charge in [0.2, 0.25) is 0 Å². The topological polar surface area (TPSA) is 21.3 Å². The number of nitrogens with one attached hydrogen (secondary N) is 1. The summed E-state index contributed by atoms with van der Waals surface area (Å²) >= 11 is 1.36. The maximum atomic E-state index is 13.3. The molecule has 0 spiro atoms. The van der Waals surface area contributed by atoms with E-state index >= 15 is 0 Å². The van der Waals surface area contributed by atoms with Crippen LogP contribution >= 0.6 is 11.8 Å². The van der Waals surface area contributed by atoms with Crippen LogP contribution in [0.25, 0.3) is 0 Å². The van der Waals surface area contributed by atoms with Gasteiger partial charge in [-0.3, -0.25) is 0 Å². The Balaban J connectivity index is 1.88. The van der Waals surface area contributed by atoms with Gasteiger partial charge in [-0.05, 0) is 12.1 Å². The largest absolute Gasteiger partial charge is 0.375 e. The number of rotatable bonds is 3. The Morgan fingerprint density at radius 1 is 1.44 bits per heavy atom. The Kier molecular flexibility index (Phi) is 4.15. The van der Waals surface area contributed by atoms with Gasteiger partial charge in [-0.15, -0.1) is 11.8 Å². The summed E-state index contributed by atoms with van der Waals surface area (Å²) in [5, 5.41) is 3.20. The van der Waals surface area contributed by atoms with E-state index in [1.807, 2.05) is 0 Å². The molecule has 0 aliphatic carbocycles. The molecule has 1 fully saturated rings. The van der Waals surface area contributed by atoms with E-state index in [4.69, 9.17) is 4.74 Å². The SMILES string of the molecule is Fc1ccc(SCC2CNCCO2)c(F)c1. The summed E-state index contributed by atoms with van der Waals surface area (Å²) in [4.78, 5) is 0.468. The number of benzene rings is 1. The predicted octanol–water partition coefficient (Wildman–Crippen LogP) is 2.05. The fraction of sp³-hybridized carbons (Fsp3) is 0.455. The van der Waals surface area contributed by atoms with Gasteiger partial charge in [0.1, 0.15) is 11.6 Å². The Morgan fingerprint density at radius 2 is 2.31 bits per heavy atom. The van der Waals surface area contributed by atoms with Gasteiger partial charge in [0.25, 0.3) is 0 Å². The van der Waals surface area contributed by atoms with Crippen molar-refractivity contribution in [1.29, 1.82) is 0 Å². The molecule has 0 aromatic heterocycles. The lowest BCUT2D eigenvalue weighted by Gasteiger charge is -2.23. The molecule has 1 aliphatic rings. The first kappa shape index (κ1) is 11.8. The van der Waals surface area contributed by atoms with Crippen molar-refractivity contribution in [3.63, 3.8) is 0 Å². The second kappa shape index (κ2) is 5.61. The minimum Gasteiger partial charge on any atom is -0.375 e. The van der Waals surface area contributed by atoms with E-state index in [1.165, 1.54) is 23.9 Å². The highest BCUT2D eigenvalue weighted by Gasteiger charge is 2.14. The number of hydrogen-bond acceptors (Lipinski definition) is 3. The van der Waals surface area contributed by atoms with Crippen molar-refractivity contribution in [3.8, 4) is 0 Å². The third-order valence-electron chi connectivity index (χ3n) is 2.32. The molecule has 1 atom stereocenters. The minimum atomic E-state index is -0.544. The summed E-state index contributed by atoms with van der Waals surface area (Å²) in [6.45, 7) is 2.35. The molecule has 16 heavy (non-hydrogen) atoms. The fourth-order valence-electron chi connectivity index (χ4n) is 1.50. The summed E-state index contributed by atoms with van der Waals surface area (Å²) in [7, 11) is 0. The predicted molar refractivity (Wildman–Crippen MR) is 59.7 cm³/mol. The average Bonchev–Trinajstić information content (AvgIpc) is 2.29. The van der Waals surface area contributed by atoms with Crippen molar-refractivity contribution >= 4 is 11.8 Å². The summed E-state index contributed by atoms with van der Waals surface area (Å²) in [6, 6.07) is 3.64. The molecule has 88 valence electrons. The Hall–Kier alpha value is -0.650. The van der Waals surface area contributed by atoms with Crippen LogP contribution in [0.15, 0.2) is 23.1 Å². The lowest BCUT2D eigenvalue weighted by Crippen LogP contribution is -2.39. The molecule has 1 aromatic rings. The number of thioether (sulfide) groups is 1. The smallest absolute Gasteiger partial charge is 0.139 e. The third kappa shape index (κ3) is 3.17. The van der Waals surface area contributed by atoms with Crippen molar-refractivity contribution in [3.05, 3.63) is 29.8 Å². The summed E-state index contributed by atoms with van der Waals surface area (Å²) in [6.07, 6.45) is 0.100. The van der Waals surface area contributed by atoms with E-state index < -0.39 is 11.6 Å². The Morgan fingerprint density at radius 3 is 3.00 bits per heavy atom. The lowest BCUT2D eigenvalue weighted by atomic mass is 10.3. The molecule has 1 unspecified atom stereocenters. The minimum absolute atomic E-state index is 0.100. The molecule has 1 aliphatic heterocycles. The zero-order valence-corrected chi connectivity index (χ0v) is 9.53. The zero-order chi connectivity index (χ0) is 11.4. The first-order valence-corrected chi connectivity index (χ1v) is 6.14. The van der Waals surface area contributed by atoms with Crippen LogP contribution in [0.3, 0.4) is 0 Å². The summed E-state index contributed by atoms with van der Waals surface area (Å²) in [5.74, 6) is -0.374. The molecule has 0 amide bonds. The molecule has 1 aromatic carbocycles. The second-order valence-electron chi connectivity index (χ2n) is 3.58. The maximum Gasteiger partial charge on any atom is 0.139 e. The van der Waals surface area contributed by atoms with E-state index in [-0.39, 0.29) is 6.10 Å². The molecule has 1 N–H and O–H groups in total. The normalized spacial score (nSPS) is 21.0. The molecule has 0 bridgehead atoms. The van der Waals surface area contributed by atoms with Gasteiger partial charge in [0.05, 0.1) is 12.7 Å². The summed E-state index contributed by atoms with van der Waals surface area (Å²) < 4.78 is 31.4. The molecule has 2 nitrogen and oxygen atoms in total. The van der Waals surface area contributed by atoms with E-state index in [0.29, 0.717) is 17.3 Å². The summed E-state index contributed by atoms with van der Waals surface area (Å²) in [5.41, 5.74) is 0. The van der Waals surface area contributed by atoms with Crippen molar-refractivity contribution in [2.75, 3.05) is 25.4 Å². The number of ether oxygens (including phenoxy) is 1. The molecule has 5 heteroatoms. The first-order valence-electron chi connectivity index (χ1n) is 5.16. The maximum absolute atomic E-state index is 13.3. The highest BCUT2D eigenvalue weighted by Crippen LogP contribution is 2.23. The van der Waals surface area contributed by atoms with Crippen LogP contribution in [0.1, 0.15) is 0 Å². The van der Waals surface area contributed by atoms with E-state index in [9.17, 15) is 8.78 Å². The Labute approximate surface area is 97.4 Å². The van der Waals surface area contributed by atoms with Crippen LogP contribution < -0.4 is 5.32 Å². The van der Waals surface area contributed by atoms with Gasteiger partial charge in [0.15, 0.2) is 0 Å². The molecule has 0 radical (unpaired) electrons. The monoisotopic (exact) mass is 245 g/mol. The van der Waals surface area contributed by atoms with Crippen LogP contribution in [0, 0.1) is 11.6 Å². The van der Waals surface area contributed by atoms with Gasteiger partial charge in [0, 0.05) is 29.8 Å². The van der Waals surface area contributed by atoms with Crippen molar-refractivity contribution in [2.24, 2.45) is 0 Å².